The lowest BCUT2D eigenvalue weighted by molar-refractivity contribution is -0.168. The normalized spacial score (nSPS) is 26.6. The third kappa shape index (κ3) is 2.36. The van der Waals surface area contributed by atoms with E-state index in [9.17, 15) is 9.59 Å². The zero-order chi connectivity index (χ0) is 23.8. The van der Waals surface area contributed by atoms with Crippen molar-refractivity contribution in [1.82, 2.24) is 0 Å². The van der Waals surface area contributed by atoms with Gasteiger partial charge in [0.2, 0.25) is 11.8 Å². The Morgan fingerprint density at radius 2 is 1.38 bits per heavy atom. The summed E-state index contributed by atoms with van der Waals surface area (Å²) < 4.78 is 11.9. The number of imide groups is 1. The van der Waals surface area contributed by atoms with Gasteiger partial charge in [-0.2, -0.15) is 0 Å². The van der Waals surface area contributed by atoms with Crippen molar-refractivity contribution in [3.8, 4) is 0 Å². The van der Waals surface area contributed by atoms with Crippen molar-refractivity contribution in [1.29, 1.82) is 0 Å². The van der Waals surface area contributed by atoms with Gasteiger partial charge in [0.25, 0.3) is 0 Å². The van der Waals surface area contributed by atoms with Crippen molar-refractivity contribution in [2.24, 2.45) is 11.8 Å². The molecule has 2 atom stereocenters. The van der Waals surface area contributed by atoms with Crippen LogP contribution >= 0.6 is 0 Å². The highest BCUT2D eigenvalue weighted by Gasteiger charge is 2.71. The number of nitrogens with zero attached hydrogens (tertiary/aromatic N) is 1. The lowest BCUT2D eigenvalue weighted by Crippen LogP contribution is -2.60. The fourth-order valence-corrected chi connectivity index (χ4v) is 6.91. The SMILES string of the molecule is COC(OC)C12c3ccccc3C(c3ccccc31)[C@H]1C(=O)N(c3cccc(C)c3C)C(=O)[C@H]12. The number of anilines is 1. The number of methoxy groups -OCH3 is 2. The summed E-state index contributed by atoms with van der Waals surface area (Å²) in [6, 6.07) is 22.1. The number of ether oxygens (including phenoxy) is 2. The molecule has 0 unspecified atom stereocenters. The van der Waals surface area contributed by atoms with E-state index in [2.05, 4.69) is 24.3 Å². The van der Waals surface area contributed by atoms with Crippen LogP contribution in [0.25, 0.3) is 0 Å². The summed E-state index contributed by atoms with van der Waals surface area (Å²) in [5.41, 5.74) is 5.89. The Morgan fingerprint density at radius 3 is 1.97 bits per heavy atom. The Morgan fingerprint density at radius 1 is 0.794 bits per heavy atom. The lowest BCUT2D eigenvalue weighted by atomic mass is 9.47. The van der Waals surface area contributed by atoms with Crippen LogP contribution < -0.4 is 4.90 Å². The van der Waals surface area contributed by atoms with Crippen LogP contribution in [-0.4, -0.2) is 32.3 Å². The Bertz CT molecular complexity index is 1290. The molecule has 7 rings (SSSR count). The zero-order valence-electron chi connectivity index (χ0n) is 19.7. The maximum absolute atomic E-state index is 14.4. The number of benzene rings is 3. The van der Waals surface area contributed by atoms with E-state index in [0.29, 0.717) is 5.69 Å². The van der Waals surface area contributed by atoms with E-state index in [1.54, 1.807) is 14.2 Å². The number of hydrogen-bond acceptors (Lipinski definition) is 4. The molecule has 3 aromatic carbocycles. The van der Waals surface area contributed by atoms with Gasteiger partial charge in [-0.25, -0.2) is 4.90 Å². The molecular weight excluding hydrogens is 426 g/mol. The van der Waals surface area contributed by atoms with Crippen molar-refractivity contribution in [3.05, 3.63) is 100 Å². The fourth-order valence-electron chi connectivity index (χ4n) is 6.91. The summed E-state index contributed by atoms with van der Waals surface area (Å²) in [4.78, 5) is 30.0. The molecule has 0 radical (unpaired) electrons. The number of amides is 2. The molecule has 1 fully saturated rings. The molecule has 34 heavy (non-hydrogen) atoms. The van der Waals surface area contributed by atoms with Gasteiger partial charge < -0.3 is 9.47 Å². The van der Waals surface area contributed by atoms with Gasteiger partial charge in [-0.1, -0.05) is 60.7 Å². The number of rotatable bonds is 4. The van der Waals surface area contributed by atoms with Crippen LogP contribution in [0.5, 0.6) is 0 Å². The molecule has 3 aliphatic carbocycles. The van der Waals surface area contributed by atoms with Crippen LogP contribution in [0.3, 0.4) is 0 Å². The molecular formula is C29H27NO4. The molecule has 1 heterocycles. The number of aryl methyl sites for hydroxylation is 1. The minimum Gasteiger partial charge on any atom is -0.355 e. The van der Waals surface area contributed by atoms with Crippen molar-refractivity contribution >= 4 is 17.5 Å². The highest BCUT2D eigenvalue weighted by molar-refractivity contribution is 6.24. The average molecular weight is 454 g/mol. The van der Waals surface area contributed by atoms with Gasteiger partial charge in [-0.3, -0.25) is 9.59 Å². The van der Waals surface area contributed by atoms with Gasteiger partial charge in [-0.15, -0.1) is 0 Å². The summed E-state index contributed by atoms with van der Waals surface area (Å²) >= 11 is 0. The minimum atomic E-state index is -0.935. The second-order valence-corrected chi connectivity index (χ2v) is 9.56. The summed E-state index contributed by atoms with van der Waals surface area (Å²) in [5.74, 6) is -1.67. The van der Waals surface area contributed by atoms with Crippen LogP contribution in [0.2, 0.25) is 0 Å². The Kier molecular flexibility index (Phi) is 4.60. The van der Waals surface area contributed by atoms with Gasteiger partial charge >= 0.3 is 0 Å². The summed E-state index contributed by atoms with van der Waals surface area (Å²) in [5, 5.41) is 0. The average Bonchev–Trinajstić information content (AvgIpc) is 3.13. The maximum Gasteiger partial charge on any atom is 0.239 e. The summed E-state index contributed by atoms with van der Waals surface area (Å²) in [6.45, 7) is 3.97. The van der Waals surface area contributed by atoms with Crippen molar-refractivity contribution in [3.63, 3.8) is 0 Å². The van der Waals surface area contributed by atoms with E-state index >= 15 is 0 Å². The van der Waals surface area contributed by atoms with Crippen LogP contribution in [0.1, 0.15) is 39.3 Å². The Labute approximate surface area is 199 Å². The molecule has 0 spiro atoms. The molecule has 5 nitrogen and oxygen atoms in total. The smallest absolute Gasteiger partial charge is 0.239 e. The summed E-state index contributed by atoms with van der Waals surface area (Å²) in [6.07, 6.45) is -0.737. The number of carbonyl (C=O) groups is 2. The molecule has 0 aromatic heterocycles. The van der Waals surface area contributed by atoms with E-state index in [-0.39, 0.29) is 17.7 Å². The fraction of sp³-hybridized carbons (Fsp3) is 0.310. The predicted molar refractivity (Wildman–Crippen MR) is 129 cm³/mol. The first kappa shape index (κ1) is 21.3. The molecule has 0 saturated carbocycles. The second-order valence-electron chi connectivity index (χ2n) is 9.56. The maximum atomic E-state index is 14.4. The number of carbonyl (C=O) groups excluding carboxylic acids is 2. The third-order valence-corrected chi connectivity index (χ3v) is 8.30. The van der Waals surface area contributed by atoms with Gasteiger partial charge in [0.1, 0.15) is 0 Å². The Balaban J connectivity index is 1.68. The molecule has 4 aliphatic rings. The van der Waals surface area contributed by atoms with E-state index in [0.717, 1.165) is 33.4 Å². The van der Waals surface area contributed by atoms with Crippen LogP contribution in [0.4, 0.5) is 5.69 Å². The second kappa shape index (κ2) is 7.36. The van der Waals surface area contributed by atoms with Crippen molar-refractivity contribution in [2.75, 3.05) is 19.1 Å². The monoisotopic (exact) mass is 453 g/mol. The lowest BCUT2D eigenvalue weighted by Gasteiger charge is -2.56. The molecule has 2 bridgehead atoms. The first-order chi connectivity index (χ1) is 16.5. The van der Waals surface area contributed by atoms with Crippen LogP contribution in [-0.2, 0) is 24.5 Å². The van der Waals surface area contributed by atoms with Gasteiger partial charge in [0.15, 0.2) is 6.29 Å². The van der Waals surface area contributed by atoms with E-state index < -0.39 is 23.5 Å². The highest BCUT2D eigenvalue weighted by Crippen LogP contribution is 2.65. The summed E-state index contributed by atoms with van der Waals surface area (Å²) in [7, 11) is 3.21. The van der Waals surface area contributed by atoms with Gasteiger partial charge in [0.05, 0.1) is 22.9 Å². The first-order valence-corrected chi connectivity index (χ1v) is 11.7. The first-order valence-electron chi connectivity index (χ1n) is 11.7. The van der Waals surface area contributed by atoms with E-state index in [4.69, 9.17) is 9.47 Å². The highest BCUT2D eigenvalue weighted by atomic mass is 16.7. The van der Waals surface area contributed by atoms with Crippen LogP contribution in [0.15, 0.2) is 66.7 Å². The largest absolute Gasteiger partial charge is 0.355 e. The molecule has 1 saturated heterocycles. The third-order valence-electron chi connectivity index (χ3n) is 8.30. The zero-order valence-corrected chi connectivity index (χ0v) is 19.7. The molecule has 3 aromatic rings. The topological polar surface area (TPSA) is 55.8 Å². The standard InChI is InChI=1S/C29H27NO4/c1-16-10-9-15-22(17(16)2)30-26(31)24-23-18-11-5-7-13-20(18)29(25(24)27(30)32,28(33-3)34-4)21-14-8-6-12-19(21)23/h5-15,23-25,28H,1-4H3/t23?,24-,25+,29?/m1/s1. The quantitative estimate of drug-likeness (QED) is 0.432. The molecule has 2 amide bonds. The van der Waals surface area contributed by atoms with E-state index in [1.807, 2.05) is 56.3 Å². The molecule has 5 heteroatoms. The Hall–Kier alpha value is -3.28. The van der Waals surface area contributed by atoms with Crippen molar-refractivity contribution in [2.45, 2.75) is 31.5 Å². The predicted octanol–water partition coefficient (Wildman–Crippen LogP) is 4.47. The van der Waals surface area contributed by atoms with Crippen LogP contribution in [0, 0.1) is 25.7 Å². The number of hydrogen-bond donors (Lipinski definition) is 0. The van der Waals surface area contributed by atoms with Gasteiger partial charge in [-0.05, 0) is 53.3 Å². The van der Waals surface area contributed by atoms with Gasteiger partial charge in [0, 0.05) is 20.1 Å². The molecule has 0 N–H and O–H groups in total. The van der Waals surface area contributed by atoms with Crippen molar-refractivity contribution < 1.29 is 19.1 Å². The van der Waals surface area contributed by atoms with E-state index in [1.165, 1.54) is 4.90 Å². The molecule has 172 valence electrons. The minimum absolute atomic E-state index is 0.145. The molecule has 1 aliphatic heterocycles.